The molecule has 9 nitrogen and oxygen atoms in total. The van der Waals surface area contributed by atoms with E-state index in [1.807, 2.05) is 103 Å². The number of nitrogens with two attached hydrogens (primary N) is 1. The molecule has 0 spiro atoms. The SMILES string of the molecule is CCOC(=O)C1(N)Cc2ccccc2C1.CCOC(=O)C1(NC(=O)c2cc3ccccc3s2)Cc2ccccc2C1.O=C(O)c1cc2ccccc2s1. The van der Waals surface area contributed by atoms with Crippen molar-refractivity contribution in [2.75, 3.05) is 13.2 Å². The van der Waals surface area contributed by atoms with E-state index in [-0.39, 0.29) is 24.5 Å². The van der Waals surface area contributed by atoms with Crippen molar-refractivity contribution in [2.45, 2.75) is 50.6 Å². The summed E-state index contributed by atoms with van der Waals surface area (Å²) >= 11 is 2.74. The maximum atomic E-state index is 12.9. The molecule has 0 atom stereocenters. The van der Waals surface area contributed by atoms with E-state index in [0.717, 1.165) is 42.4 Å². The van der Waals surface area contributed by atoms with Crippen molar-refractivity contribution in [3.8, 4) is 0 Å². The average Bonchev–Trinajstić information content (AvgIpc) is 3.94. The zero-order chi connectivity index (χ0) is 37.6. The fourth-order valence-electron chi connectivity index (χ4n) is 6.69. The molecule has 2 aliphatic carbocycles. The molecular formula is C42H40N2O7S2. The molecule has 272 valence electrons. The zero-order valence-corrected chi connectivity index (χ0v) is 31.1. The maximum Gasteiger partial charge on any atom is 0.345 e. The van der Waals surface area contributed by atoms with Crippen LogP contribution in [0.4, 0.5) is 0 Å². The number of carbonyl (C=O) groups excluding carboxylic acids is 3. The Kier molecular flexibility index (Phi) is 11.4. The standard InChI is InChI=1S/C21H19NO3S.C12H15NO2.C9H6O2S/c1-2-25-20(24)21(12-15-8-3-4-9-16(15)13-21)22-19(23)18-11-14-7-5-6-10-17(14)26-18;1-2-15-11(14)12(13)7-9-5-3-4-6-10(9)8-12;10-9(11)8-5-6-3-1-2-4-7(6)12-8/h3-11H,2,12-13H2,1H3,(H,22,23);3-6H,2,7-8,13H2,1H3;1-5H,(H,10,11). The van der Waals surface area contributed by atoms with Crippen molar-refractivity contribution in [3.63, 3.8) is 0 Å². The number of benzene rings is 4. The van der Waals surface area contributed by atoms with Crippen LogP contribution in [0.25, 0.3) is 20.2 Å². The normalized spacial score (nSPS) is 14.5. The van der Waals surface area contributed by atoms with Crippen LogP contribution in [0.5, 0.6) is 0 Å². The van der Waals surface area contributed by atoms with Crippen LogP contribution >= 0.6 is 22.7 Å². The highest BCUT2D eigenvalue weighted by Crippen LogP contribution is 2.33. The number of carboxylic acid groups (broad SMARTS) is 1. The Balaban J connectivity index is 0.000000150. The molecule has 0 radical (unpaired) electrons. The van der Waals surface area contributed by atoms with Crippen LogP contribution in [-0.2, 0) is 44.7 Å². The fraction of sp³-hybridized carbons (Fsp3) is 0.238. The van der Waals surface area contributed by atoms with E-state index in [1.54, 1.807) is 19.9 Å². The van der Waals surface area contributed by atoms with Crippen molar-refractivity contribution >= 4 is 66.7 Å². The number of esters is 2. The zero-order valence-electron chi connectivity index (χ0n) is 29.4. The molecule has 0 aliphatic heterocycles. The first kappa shape index (κ1) is 37.4. The third kappa shape index (κ3) is 8.33. The Morgan fingerprint density at radius 2 is 1.06 bits per heavy atom. The molecule has 4 aromatic carbocycles. The summed E-state index contributed by atoms with van der Waals surface area (Å²) in [5.41, 5.74) is 8.66. The van der Waals surface area contributed by atoms with Gasteiger partial charge in [0.05, 0.1) is 18.1 Å². The summed E-state index contributed by atoms with van der Waals surface area (Å²) in [7, 11) is 0. The van der Waals surface area contributed by atoms with Gasteiger partial charge in [0.2, 0.25) is 0 Å². The minimum Gasteiger partial charge on any atom is -0.477 e. The van der Waals surface area contributed by atoms with Gasteiger partial charge in [0.1, 0.15) is 16.0 Å². The first-order valence-electron chi connectivity index (χ1n) is 17.3. The lowest BCUT2D eigenvalue weighted by molar-refractivity contribution is -0.150. The summed E-state index contributed by atoms with van der Waals surface area (Å²) in [6.07, 6.45) is 2.08. The maximum absolute atomic E-state index is 12.9. The van der Waals surface area contributed by atoms with Gasteiger partial charge >= 0.3 is 17.9 Å². The molecule has 0 unspecified atom stereocenters. The Hall–Kier alpha value is -5.36. The number of ether oxygens (including phenoxy) is 2. The van der Waals surface area contributed by atoms with Gasteiger partial charge in [0.15, 0.2) is 0 Å². The fourth-order valence-corrected chi connectivity index (χ4v) is 8.55. The second-order valence-corrected chi connectivity index (χ2v) is 15.1. The third-order valence-corrected chi connectivity index (χ3v) is 11.4. The van der Waals surface area contributed by atoms with Crippen molar-refractivity contribution in [2.24, 2.45) is 5.73 Å². The number of aromatic carboxylic acids is 1. The Morgan fingerprint density at radius 1 is 0.642 bits per heavy atom. The van der Waals surface area contributed by atoms with Gasteiger partial charge in [-0.2, -0.15) is 0 Å². The Morgan fingerprint density at radius 3 is 1.53 bits per heavy atom. The van der Waals surface area contributed by atoms with Crippen LogP contribution in [0.2, 0.25) is 0 Å². The van der Waals surface area contributed by atoms with Gasteiger partial charge in [-0.3, -0.25) is 9.59 Å². The number of amides is 1. The molecule has 0 bridgehead atoms. The van der Waals surface area contributed by atoms with E-state index >= 15 is 0 Å². The highest BCUT2D eigenvalue weighted by molar-refractivity contribution is 7.21. The van der Waals surface area contributed by atoms with Crippen LogP contribution in [0, 0.1) is 0 Å². The molecule has 8 rings (SSSR count). The predicted octanol–water partition coefficient (Wildman–Crippen LogP) is 7.38. The summed E-state index contributed by atoms with van der Waals surface area (Å²) in [5, 5.41) is 13.7. The van der Waals surface area contributed by atoms with Crippen molar-refractivity contribution in [1.29, 1.82) is 0 Å². The van der Waals surface area contributed by atoms with Crippen LogP contribution in [0.1, 0.15) is 55.4 Å². The van der Waals surface area contributed by atoms with Crippen molar-refractivity contribution < 1.29 is 33.8 Å². The number of rotatable bonds is 7. The van der Waals surface area contributed by atoms with Gasteiger partial charge in [-0.15, -0.1) is 22.7 Å². The summed E-state index contributed by atoms with van der Waals surface area (Å²) in [6, 6.07) is 35.0. The highest BCUT2D eigenvalue weighted by Gasteiger charge is 2.46. The quantitative estimate of drug-likeness (QED) is 0.144. The number of carboxylic acids is 1. The number of hydrogen-bond donors (Lipinski definition) is 3. The van der Waals surface area contributed by atoms with Gasteiger partial charge in [0, 0.05) is 35.1 Å². The summed E-state index contributed by atoms with van der Waals surface area (Å²) < 4.78 is 12.4. The molecule has 2 aromatic heterocycles. The molecule has 0 fully saturated rings. The first-order valence-corrected chi connectivity index (χ1v) is 19.0. The largest absolute Gasteiger partial charge is 0.477 e. The van der Waals surface area contributed by atoms with E-state index in [4.69, 9.17) is 20.3 Å². The van der Waals surface area contributed by atoms with Crippen LogP contribution in [-0.4, -0.2) is 53.2 Å². The number of carbonyl (C=O) groups is 4. The third-order valence-electron chi connectivity index (χ3n) is 9.22. The topological polar surface area (TPSA) is 145 Å². The number of fused-ring (bicyclic) bond motifs is 4. The number of nitrogens with one attached hydrogen (secondary N) is 1. The lowest BCUT2D eigenvalue weighted by Crippen LogP contribution is -2.56. The molecule has 0 saturated heterocycles. The summed E-state index contributed by atoms with van der Waals surface area (Å²) in [6.45, 7) is 4.24. The monoisotopic (exact) mass is 748 g/mol. The molecule has 4 N–H and O–H groups in total. The van der Waals surface area contributed by atoms with E-state index in [2.05, 4.69) is 5.32 Å². The molecule has 2 aliphatic rings. The van der Waals surface area contributed by atoms with E-state index in [1.165, 1.54) is 22.7 Å². The second kappa shape index (κ2) is 16.1. The van der Waals surface area contributed by atoms with Crippen molar-refractivity contribution in [3.05, 3.63) is 141 Å². The highest BCUT2D eigenvalue weighted by atomic mass is 32.1. The average molecular weight is 749 g/mol. The summed E-state index contributed by atoms with van der Waals surface area (Å²) in [4.78, 5) is 48.9. The lowest BCUT2D eigenvalue weighted by atomic mass is 9.95. The second-order valence-electron chi connectivity index (χ2n) is 13.0. The Labute approximate surface area is 315 Å². The van der Waals surface area contributed by atoms with E-state index in [0.29, 0.717) is 42.0 Å². The molecule has 6 aromatic rings. The number of thiophene rings is 2. The van der Waals surface area contributed by atoms with Gasteiger partial charge in [-0.05, 0) is 71.1 Å². The van der Waals surface area contributed by atoms with Gasteiger partial charge < -0.3 is 25.6 Å². The first-order chi connectivity index (χ1) is 25.5. The Bertz CT molecular complexity index is 2180. The van der Waals surface area contributed by atoms with Crippen LogP contribution in [0.3, 0.4) is 0 Å². The number of hydrogen-bond acceptors (Lipinski definition) is 9. The minimum absolute atomic E-state index is 0.230. The van der Waals surface area contributed by atoms with Gasteiger partial charge in [0.25, 0.3) is 5.91 Å². The smallest absolute Gasteiger partial charge is 0.345 e. The predicted molar refractivity (Wildman–Crippen MR) is 209 cm³/mol. The molecule has 1 amide bonds. The molecule has 2 heterocycles. The van der Waals surface area contributed by atoms with Gasteiger partial charge in [-0.1, -0.05) is 84.9 Å². The van der Waals surface area contributed by atoms with Gasteiger partial charge in [-0.25, -0.2) is 9.59 Å². The van der Waals surface area contributed by atoms with Crippen LogP contribution < -0.4 is 11.1 Å². The van der Waals surface area contributed by atoms with E-state index in [9.17, 15) is 19.2 Å². The van der Waals surface area contributed by atoms with Crippen LogP contribution in [0.15, 0.2) is 109 Å². The lowest BCUT2D eigenvalue weighted by Gasteiger charge is -2.27. The molecule has 0 saturated carbocycles. The minimum atomic E-state index is -1.03. The molecule has 53 heavy (non-hydrogen) atoms. The molecule has 11 heteroatoms. The molecular weight excluding hydrogens is 709 g/mol. The van der Waals surface area contributed by atoms with E-state index < -0.39 is 17.0 Å². The summed E-state index contributed by atoms with van der Waals surface area (Å²) in [5.74, 6) is -1.74. The van der Waals surface area contributed by atoms with Crippen molar-refractivity contribution in [1.82, 2.24) is 5.32 Å².